The predicted octanol–water partition coefficient (Wildman–Crippen LogP) is 4.98. The standard InChI is InChI=1S/C29H30F4N6O4/c1-28(2)17-6-5-7-21(23(17)26(41)39(28)3)43-25-18(29(31,32)33)14-35-27(38-25)37-20-13-19(30)16(12-22(20)42-4)24(40)36-15-8-10-34-11-9-15/h5-7,12-15,34H,8-11H2,1-4H3,(H,36,40)(H,35,37,38). The summed E-state index contributed by atoms with van der Waals surface area (Å²) in [5.74, 6) is -3.24. The highest BCUT2D eigenvalue weighted by atomic mass is 19.4. The van der Waals surface area contributed by atoms with Gasteiger partial charge in [-0.15, -0.1) is 0 Å². The van der Waals surface area contributed by atoms with Crippen LogP contribution in [0.2, 0.25) is 0 Å². The Morgan fingerprint density at radius 2 is 1.88 bits per heavy atom. The van der Waals surface area contributed by atoms with Gasteiger partial charge >= 0.3 is 6.18 Å². The van der Waals surface area contributed by atoms with Crippen molar-refractivity contribution in [3.05, 3.63) is 64.6 Å². The second-order valence-corrected chi connectivity index (χ2v) is 10.8. The monoisotopic (exact) mass is 602 g/mol. The first-order valence-corrected chi connectivity index (χ1v) is 13.5. The van der Waals surface area contributed by atoms with Crippen LogP contribution in [0.5, 0.6) is 17.4 Å². The Morgan fingerprint density at radius 1 is 1.16 bits per heavy atom. The maximum atomic E-state index is 15.1. The lowest BCUT2D eigenvalue weighted by atomic mass is 9.94. The van der Waals surface area contributed by atoms with E-state index in [4.69, 9.17) is 9.47 Å². The average molecular weight is 603 g/mol. The van der Waals surface area contributed by atoms with Crippen molar-refractivity contribution in [2.24, 2.45) is 0 Å². The number of aromatic nitrogens is 2. The summed E-state index contributed by atoms with van der Waals surface area (Å²) in [4.78, 5) is 34.9. The highest BCUT2D eigenvalue weighted by molar-refractivity contribution is 6.02. The van der Waals surface area contributed by atoms with E-state index in [9.17, 15) is 22.8 Å². The van der Waals surface area contributed by atoms with E-state index in [1.54, 1.807) is 19.2 Å². The van der Waals surface area contributed by atoms with Crippen molar-refractivity contribution >= 4 is 23.5 Å². The fourth-order valence-corrected chi connectivity index (χ4v) is 5.10. The van der Waals surface area contributed by atoms with E-state index in [1.165, 1.54) is 24.1 Å². The van der Waals surface area contributed by atoms with Crippen LogP contribution in [0.4, 0.5) is 29.2 Å². The fraction of sp³-hybridized carbons (Fsp3) is 0.379. The van der Waals surface area contributed by atoms with Crippen LogP contribution in [0.3, 0.4) is 0 Å². The van der Waals surface area contributed by atoms with Gasteiger partial charge in [-0.1, -0.05) is 12.1 Å². The lowest BCUT2D eigenvalue weighted by Crippen LogP contribution is -2.42. The van der Waals surface area contributed by atoms with Crippen LogP contribution in [-0.4, -0.2) is 60.0 Å². The van der Waals surface area contributed by atoms with Crippen molar-refractivity contribution in [2.45, 2.75) is 44.4 Å². The number of hydrogen-bond acceptors (Lipinski definition) is 8. The van der Waals surface area contributed by atoms with Crippen molar-refractivity contribution in [2.75, 3.05) is 32.6 Å². The molecule has 228 valence electrons. The molecule has 0 radical (unpaired) electrons. The SMILES string of the molecule is COc1cc(C(=O)NC2CCNCC2)c(F)cc1Nc1ncc(C(F)(F)F)c(Oc2cccc3c2C(=O)N(C)C3(C)C)n1. The molecule has 10 nitrogen and oxygen atoms in total. The number of benzene rings is 2. The Morgan fingerprint density at radius 3 is 2.56 bits per heavy atom. The largest absolute Gasteiger partial charge is 0.495 e. The molecule has 3 aromatic rings. The van der Waals surface area contributed by atoms with Crippen LogP contribution in [0.15, 0.2) is 36.5 Å². The molecule has 2 aromatic carbocycles. The van der Waals surface area contributed by atoms with Gasteiger partial charge < -0.3 is 30.3 Å². The zero-order valence-corrected chi connectivity index (χ0v) is 23.9. The number of carbonyl (C=O) groups excluding carboxylic acids is 2. The minimum atomic E-state index is -4.89. The summed E-state index contributed by atoms with van der Waals surface area (Å²) in [6, 6.07) is 6.71. The minimum absolute atomic E-state index is 0.0274. The van der Waals surface area contributed by atoms with Crippen molar-refractivity contribution in [3.8, 4) is 17.4 Å². The first kappa shape index (κ1) is 30.0. The Labute approximate surface area is 244 Å². The van der Waals surface area contributed by atoms with Crippen LogP contribution >= 0.6 is 0 Å². The zero-order valence-electron chi connectivity index (χ0n) is 23.9. The number of piperidine rings is 1. The first-order valence-electron chi connectivity index (χ1n) is 13.5. The van der Waals surface area contributed by atoms with E-state index in [1.807, 2.05) is 13.8 Å². The third-order valence-electron chi connectivity index (χ3n) is 7.76. The molecule has 1 aromatic heterocycles. The van der Waals surface area contributed by atoms with Crippen molar-refractivity contribution in [1.29, 1.82) is 0 Å². The summed E-state index contributed by atoms with van der Waals surface area (Å²) in [6.45, 7) is 5.08. The number of rotatable bonds is 7. The topological polar surface area (TPSA) is 118 Å². The quantitative estimate of drug-likeness (QED) is 0.324. The molecular formula is C29H30F4N6O4. The predicted molar refractivity (Wildman–Crippen MR) is 148 cm³/mol. The number of alkyl halides is 3. The maximum absolute atomic E-state index is 15.1. The van der Waals surface area contributed by atoms with Crippen LogP contribution in [0.25, 0.3) is 0 Å². The van der Waals surface area contributed by atoms with E-state index in [0.29, 0.717) is 24.6 Å². The van der Waals surface area contributed by atoms with Gasteiger partial charge in [0.05, 0.1) is 29.5 Å². The second kappa shape index (κ2) is 11.3. The van der Waals surface area contributed by atoms with Crippen molar-refractivity contribution in [1.82, 2.24) is 25.5 Å². The third kappa shape index (κ3) is 5.78. The number of methoxy groups -OCH3 is 1. The molecule has 14 heteroatoms. The van der Waals surface area contributed by atoms with E-state index >= 15 is 4.39 Å². The molecule has 3 N–H and O–H groups in total. The van der Waals surface area contributed by atoms with Crippen LogP contribution in [0.1, 0.15) is 58.5 Å². The summed E-state index contributed by atoms with van der Waals surface area (Å²) in [6.07, 6.45) is -2.96. The summed E-state index contributed by atoms with van der Waals surface area (Å²) >= 11 is 0. The summed E-state index contributed by atoms with van der Waals surface area (Å²) < 4.78 is 67.9. The molecule has 2 aliphatic heterocycles. The Bertz CT molecular complexity index is 1570. The highest BCUT2D eigenvalue weighted by Crippen LogP contribution is 2.44. The van der Waals surface area contributed by atoms with Gasteiger partial charge in [-0.3, -0.25) is 9.59 Å². The van der Waals surface area contributed by atoms with Gasteiger partial charge in [0.1, 0.15) is 22.9 Å². The summed E-state index contributed by atoms with van der Waals surface area (Å²) in [5.41, 5.74) is -1.58. The smallest absolute Gasteiger partial charge is 0.423 e. The fourth-order valence-electron chi connectivity index (χ4n) is 5.10. The van der Waals surface area contributed by atoms with Crippen molar-refractivity contribution < 1.29 is 36.6 Å². The van der Waals surface area contributed by atoms with Gasteiger partial charge in [0.25, 0.3) is 11.8 Å². The molecule has 0 atom stereocenters. The molecule has 3 heterocycles. The number of fused-ring (bicyclic) bond motifs is 1. The second-order valence-electron chi connectivity index (χ2n) is 10.8. The first-order chi connectivity index (χ1) is 20.3. The number of nitrogens with zero attached hydrogens (tertiary/aromatic N) is 3. The number of ether oxygens (including phenoxy) is 2. The molecule has 0 bridgehead atoms. The lowest BCUT2D eigenvalue weighted by molar-refractivity contribution is -0.139. The van der Waals surface area contributed by atoms with Crippen LogP contribution in [0, 0.1) is 5.82 Å². The number of nitrogens with one attached hydrogen (secondary N) is 3. The molecule has 1 fully saturated rings. The van der Waals surface area contributed by atoms with Gasteiger partial charge in [0.15, 0.2) is 0 Å². The van der Waals surface area contributed by atoms with Gasteiger partial charge in [0, 0.05) is 25.4 Å². The molecule has 0 saturated carbocycles. The van der Waals surface area contributed by atoms with Gasteiger partial charge in [-0.25, -0.2) is 9.37 Å². The van der Waals surface area contributed by atoms with Crippen molar-refractivity contribution in [3.63, 3.8) is 0 Å². The number of carbonyl (C=O) groups is 2. The average Bonchev–Trinajstić information content (AvgIpc) is 3.13. The molecular weight excluding hydrogens is 572 g/mol. The number of amides is 2. The minimum Gasteiger partial charge on any atom is -0.495 e. The molecule has 2 aliphatic rings. The van der Waals surface area contributed by atoms with E-state index in [2.05, 4.69) is 25.9 Å². The number of hydrogen-bond donors (Lipinski definition) is 3. The normalized spacial score (nSPS) is 16.6. The highest BCUT2D eigenvalue weighted by Gasteiger charge is 2.43. The Hall–Kier alpha value is -4.46. The zero-order chi connectivity index (χ0) is 31.1. The van der Waals surface area contributed by atoms with Gasteiger partial charge in [0.2, 0.25) is 11.8 Å². The van der Waals surface area contributed by atoms with Gasteiger partial charge in [-0.05, 0) is 57.5 Å². The van der Waals surface area contributed by atoms with Crippen LogP contribution in [-0.2, 0) is 11.7 Å². The Kier molecular flexibility index (Phi) is 7.90. The van der Waals surface area contributed by atoms with E-state index < -0.39 is 40.8 Å². The van der Waals surface area contributed by atoms with E-state index in [-0.39, 0.29) is 40.3 Å². The molecule has 5 rings (SSSR count). The maximum Gasteiger partial charge on any atom is 0.423 e. The lowest BCUT2D eigenvalue weighted by Gasteiger charge is -2.28. The summed E-state index contributed by atoms with van der Waals surface area (Å²) in [7, 11) is 2.88. The molecule has 2 amide bonds. The summed E-state index contributed by atoms with van der Waals surface area (Å²) in [5, 5.41) is 8.64. The molecule has 0 unspecified atom stereocenters. The molecule has 1 saturated heterocycles. The van der Waals surface area contributed by atoms with Gasteiger partial charge in [-0.2, -0.15) is 18.2 Å². The van der Waals surface area contributed by atoms with E-state index in [0.717, 1.165) is 19.2 Å². The van der Waals surface area contributed by atoms with Crippen LogP contribution < -0.4 is 25.4 Å². The Balaban J connectivity index is 1.46. The molecule has 0 spiro atoms. The molecule has 43 heavy (non-hydrogen) atoms. The molecule has 0 aliphatic carbocycles. The number of anilines is 2. The third-order valence-corrected chi connectivity index (χ3v) is 7.76. The number of halogens is 4.